The molecule has 1 fully saturated rings. The number of rotatable bonds is 3. The second kappa shape index (κ2) is 5.10. The van der Waals surface area contributed by atoms with Gasteiger partial charge in [-0.1, -0.05) is 13.8 Å². The summed E-state index contributed by atoms with van der Waals surface area (Å²) in [7, 11) is 0. The van der Waals surface area contributed by atoms with Crippen LogP contribution in [0.15, 0.2) is 0 Å². The van der Waals surface area contributed by atoms with Gasteiger partial charge in [0.05, 0.1) is 0 Å². The normalized spacial score (nSPS) is 17.8. The van der Waals surface area contributed by atoms with Gasteiger partial charge in [-0.3, -0.25) is 0 Å². The maximum absolute atomic E-state index is 11.2. The summed E-state index contributed by atoms with van der Waals surface area (Å²) in [6.07, 6.45) is 4.39. The maximum atomic E-state index is 11.2. The fraction of sp³-hybridized carbons (Fsp3) is 0.900. The topological polar surface area (TPSA) is 38.3 Å². The molecule has 0 aromatic carbocycles. The lowest BCUT2D eigenvalue weighted by Gasteiger charge is -2.13. The van der Waals surface area contributed by atoms with Crippen molar-refractivity contribution >= 4 is 6.09 Å². The first-order valence-electron chi connectivity index (χ1n) is 5.13. The number of amides is 1. The second-order valence-electron chi connectivity index (χ2n) is 4.09. The Morgan fingerprint density at radius 1 is 1.46 bits per heavy atom. The van der Waals surface area contributed by atoms with Crippen LogP contribution in [-0.4, -0.2) is 18.7 Å². The molecule has 0 radical (unpaired) electrons. The Labute approximate surface area is 79.8 Å². The molecule has 1 amide bonds. The summed E-state index contributed by atoms with van der Waals surface area (Å²) < 4.78 is 5.21. The molecule has 0 bridgehead atoms. The fourth-order valence-corrected chi connectivity index (χ4v) is 1.49. The van der Waals surface area contributed by atoms with E-state index in [1.54, 1.807) is 0 Å². The highest BCUT2D eigenvalue weighted by atomic mass is 16.6. The summed E-state index contributed by atoms with van der Waals surface area (Å²) in [6.45, 7) is 4.83. The highest BCUT2D eigenvalue weighted by Crippen LogP contribution is 2.20. The van der Waals surface area contributed by atoms with Crippen LogP contribution in [0.1, 0.15) is 39.5 Å². The lowest BCUT2D eigenvalue weighted by molar-refractivity contribution is 0.100. The van der Waals surface area contributed by atoms with Crippen molar-refractivity contribution in [3.63, 3.8) is 0 Å². The van der Waals surface area contributed by atoms with Gasteiger partial charge in [0.15, 0.2) is 0 Å². The molecule has 0 heterocycles. The Morgan fingerprint density at radius 3 is 2.62 bits per heavy atom. The quantitative estimate of drug-likeness (QED) is 0.732. The first-order valence-corrected chi connectivity index (χ1v) is 5.13. The summed E-state index contributed by atoms with van der Waals surface area (Å²) in [5.74, 6) is 0.483. The third kappa shape index (κ3) is 4.15. The molecular formula is C10H19NO2. The monoisotopic (exact) mass is 185 g/mol. The summed E-state index contributed by atoms with van der Waals surface area (Å²) >= 11 is 0. The van der Waals surface area contributed by atoms with Crippen LogP contribution in [0.25, 0.3) is 0 Å². The number of nitrogens with one attached hydrogen (secondary N) is 1. The Kier molecular flexibility index (Phi) is 4.06. The number of ether oxygens (including phenoxy) is 1. The van der Waals surface area contributed by atoms with Crippen LogP contribution in [0.5, 0.6) is 0 Å². The Morgan fingerprint density at radius 2 is 2.08 bits per heavy atom. The van der Waals surface area contributed by atoms with Crippen molar-refractivity contribution in [1.29, 1.82) is 0 Å². The van der Waals surface area contributed by atoms with E-state index in [0.717, 1.165) is 12.8 Å². The molecule has 3 heteroatoms. The van der Waals surface area contributed by atoms with Crippen LogP contribution in [0, 0.1) is 5.92 Å². The highest BCUT2D eigenvalue weighted by molar-refractivity contribution is 5.67. The van der Waals surface area contributed by atoms with E-state index in [1.165, 1.54) is 12.8 Å². The van der Waals surface area contributed by atoms with Crippen LogP contribution in [0.2, 0.25) is 0 Å². The minimum atomic E-state index is -0.249. The van der Waals surface area contributed by atoms with E-state index in [9.17, 15) is 4.79 Å². The van der Waals surface area contributed by atoms with Crippen molar-refractivity contribution in [2.24, 2.45) is 5.92 Å². The number of carbonyl (C=O) groups is 1. The SMILES string of the molecule is CC(C)CNC(=O)OC1CCCC1. The van der Waals surface area contributed by atoms with Crippen molar-refractivity contribution in [1.82, 2.24) is 5.32 Å². The first-order chi connectivity index (χ1) is 6.18. The molecular weight excluding hydrogens is 166 g/mol. The molecule has 1 saturated carbocycles. The van der Waals surface area contributed by atoms with Gasteiger partial charge in [-0.2, -0.15) is 0 Å². The number of hydrogen-bond donors (Lipinski definition) is 1. The van der Waals surface area contributed by atoms with E-state index in [2.05, 4.69) is 19.2 Å². The van der Waals surface area contributed by atoms with Crippen molar-refractivity contribution < 1.29 is 9.53 Å². The first kappa shape index (κ1) is 10.4. The molecule has 0 aromatic heterocycles. The zero-order valence-corrected chi connectivity index (χ0v) is 8.51. The van der Waals surface area contributed by atoms with E-state index < -0.39 is 0 Å². The van der Waals surface area contributed by atoms with Gasteiger partial charge in [-0.15, -0.1) is 0 Å². The maximum Gasteiger partial charge on any atom is 0.407 e. The van der Waals surface area contributed by atoms with E-state index in [4.69, 9.17) is 4.74 Å². The number of carbonyl (C=O) groups excluding carboxylic acids is 1. The third-order valence-corrected chi connectivity index (χ3v) is 2.23. The van der Waals surface area contributed by atoms with E-state index >= 15 is 0 Å². The van der Waals surface area contributed by atoms with Crippen molar-refractivity contribution in [3.8, 4) is 0 Å². The number of alkyl carbamates (subject to hydrolysis) is 1. The van der Waals surface area contributed by atoms with Crippen LogP contribution in [0.4, 0.5) is 4.79 Å². The summed E-state index contributed by atoms with van der Waals surface area (Å²) in [5.41, 5.74) is 0. The fourth-order valence-electron chi connectivity index (χ4n) is 1.49. The molecule has 1 aliphatic rings. The average Bonchev–Trinajstić information content (AvgIpc) is 2.53. The predicted molar refractivity (Wildman–Crippen MR) is 51.6 cm³/mol. The summed E-state index contributed by atoms with van der Waals surface area (Å²) in [6, 6.07) is 0. The van der Waals surface area contributed by atoms with E-state index in [-0.39, 0.29) is 12.2 Å². The third-order valence-electron chi connectivity index (χ3n) is 2.23. The van der Waals surface area contributed by atoms with Gasteiger partial charge >= 0.3 is 6.09 Å². The zero-order chi connectivity index (χ0) is 9.68. The molecule has 13 heavy (non-hydrogen) atoms. The largest absolute Gasteiger partial charge is 0.446 e. The van der Waals surface area contributed by atoms with Crippen LogP contribution >= 0.6 is 0 Å². The van der Waals surface area contributed by atoms with Gasteiger partial charge in [0.1, 0.15) is 6.10 Å². The minimum Gasteiger partial charge on any atom is -0.446 e. The highest BCUT2D eigenvalue weighted by Gasteiger charge is 2.18. The Hall–Kier alpha value is -0.730. The van der Waals surface area contributed by atoms with Gasteiger partial charge in [0.2, 0.25) is 0 Å². The molecule has 0 saturated heterocycles. The Bertz CT molecular complexity index is 162. The predicted octanol–water partition coefficient (Wildman–Crippen LogP) is 2.31. The molecule has 0 atom stereocenters. The average molecular weight is 185 g/mol. The molecule has 0 unspecified atom stereocenters. The van der Waals surface area contributed by atoms with Gasteiger partial charge in [0.25, 0.3) is 0 Å². The van der Waals surface area contributed by atoms with Gasteiger partial charge < -0.3 is 10.1 Å². The summed E-state index contributed by atoms with van der Waals surface area (Å²) in [4.78, 5) is 11.2. The van der Waals surface area contributed by atoms with Crippen molar-refractivity contribution in [2.45, 2.75) is 45.6 Å². The smallest absolute Gasteiger partial charge is 0.407 e. The molecule has 0 aliphatic heterocycles. The number of hydrogen-bond acceptors (Lipinski definition) is 2. The molecule has 1 aliphatic carbocycles. The van der Waals surface area contributed by atoms with Gasteiger partial charge in [-0.25, -0.2) is 4.79 Å². The van der Waals surface area contributed by atoms with E-state index in [1.807, 2.05) is 0 Å². The van der Waals surface area contributed by atoms with Gasteiger partial charge in [-0.05, 0) is 31.6 Å². The zero-order valence-electron chi connectivity index (χ0n) is 8.51. The van der Waals surface area contributed by atoms with Crippen molar-refractivity contribution in [3.05, 3.63) is 0 Å². The molecule has 0 aromatic rings. The van der Waals surface area contributed by atoms with Crippen LogP contribution in [-0.2, 0) is 4.74 Å². The molecule has 1 N–H and O–H groups in total. The van der Waals surface area contributed by atoms with E-state index in [0.29, 0.717) is 12.5 Å². The molecule has 1 rings (SSSR count). The lowest BCUT2D eigenvalue weighted by Crippen LogP contribution is -2.30. The molecule has 3 nitrogen and oxygen atoms in total. The minimum absolute atomic E-state index is 0.173. The van der Waals surface area contributed by atoms with Crippen molar-refractivity contribution in [2.75, 3.05) is 6.54 Å². The standard InChI is InChI=1S/C10H19NO2/c1-8(2)7-11-10(12)13-9-5-3-4-6-9/h8-9H,3-7H2,1-2H3,(H,11,12). The molecule has 0 spiro atoms. The van der Waals surface area contributed by atoms with Crippen LogP contribution in [0.3, 0.4) is 0 Å². The van der Waals surface area contributed by atoms with Gasteiger partial charge in [0, 0.05) is 6.54 Å². The lowest BCUT2D eigenvalue weighted by atomic mass is 10.2. The molecule has 76 valence electrons. The second-order valence-corrected chi connectivity index (χ2v) is 4.09. The summed E-state index contributed by atoms with van der Waals surface area (Å²) in [5, 5.41) is 2.75. The van der Waals surface area contributed by atoms with Crippen LogP contribution < -0.4 is 5.32 Å². The Balaban J connectivity index is 2.09.